The minimum atomic E-state index is -2.98. The van der Waals surface area contributed by atoms with E-state index in [0.29, 0.717) is 38.2 Å². The van der Waals surface area contributed by atoms with Crippen LogP contribution < -0.4 is 16.0 Å². The van der Waals surface area contributed by atoms with Crippen LogP contribution in [0.5, 0.6) is 0 Å². The first-order chi connectivity index (χ1) is 13.5. The van der Waals surface area contributed by atoms with Crippen LogP contribution in [0, 0.1) is 0 Å². The molecule has 1 saturated carbocycles. The van der Waals surface area contributed by atoms with Crippen molar-refractivity contribution in [3.8, 4) is 0 Å². The summed E-state index contributed by atoms with van der Waals surface area (Å²) in [6, 6.07) is -0.249. The molecule has 10 heteroatoms. The van der Waals surface area contributed by atoms with E-state index in [1.807, 2.05) is 6.92 Å². The molecule has 1 amide bonds. The van der Waals surface area contributed by atoms with Gasteiger partial charge in [0.2, 0.25) is 5.91 Å². The number of sulfone groups is 1. The monoisotopic (exact) mass is 544 g/mol. The molecule has 0 aromatic carbocycles. The maximum Gasteiger partial charge on any atom is 0.222 e. The number of nitrogens with zero attached hydrogens (tertiary/aromatic N) is 1. The zero-order valence-electron chi connectivity index (χ0n) is 17.5. The van der Waals surface area contributed by atoms with Crippen molar-refractivity contribution in [2.45, 2.75) is 70.4 Å². The Morgan fingerprint density at radius 2 is 1.83 bits per heavy atom. The maximum absolute atomic E-state index is 12.0. The number of guanidine groups is 1. The number of hydrogen-bond donors (Lipinski definition) is 3. The minimum absolute atomic E-state index is 0. The highest BCUT2D eigenvalue weighted by Gasteiger charge is 2.28. The number of nitrogens with one attached hydrogen (secondary N) is 3. The highest BCUT2D eigenvalue weighted by molar-refractivity contribution is 14.0. The Hall–Kier alpha value is -0.620. The fraction of sp³-hybridized carbons (Fsp3) is 0.895. The second-order valence-electron chi connectivity index (χ2n) is 7.59. The van der Waals surface area contributed by atoms with Gasteiger partial charge in [0.1, 0.15) is 0 Å². The molecule has 2 aliphatic rings. The van der Waals surface area contributed by atoms with Crippen LogP contribution in [0.15, 0.2) is 4.99 Å². The summed E-state index contributed by atoms with van der Waals surface area (Å²) in [5.74, 6) is 0.749. The Labute approximate surface area is 192 Å². The van der Waals surface area contributed by atoms with E-state index in [1.165, 1.54) is 25.7 Å². The van der Waals surface area contributed by atoms with Crippen molar-refractivity contribution in [1.29, 1.82) is 0 Å². The first-order valence-corrected chi connectivity index (χ1v) is 12.4. The van der Waals surface area contributed by atoms with E-state index in [0.717, 1.165) is 19.4 Å². The molecule has 1 heterocycles. The van der Waals surface area contributed by atoms with Gasteiger partial charge in [-0.1, -0.05) is 25.7 Å². The van der Waals surface area contributed by atoms with Gasteiger partial charge >= 0.3 is 0 Å². The lowest BCUT2D eigenvalue weighted by Gasteiger charge is -2.15. The van der Waals surface area contributed by atoms with E-state index < -0.39 is 9.84 Å². The summed E-state index contributed by atoms with van der Waals surface area (Å²) in [7, 11) is -2.98. The van der Waals surface area contributed by atoms with Crippen molar-refractivity contribution in [1.82, 2.24) is 16.0 Å². The topological polar surface area (TPSA) is 109 Å². The number of aliphatic imine (C=N–C) groups is 1. The molecule has 29 heavy (non-hydrogen) atoms. The highest BCUT2D eigenvalue weighted by Crippen LogP contribution is 2.19. The van der Waals surface area contributed by atoms with Crippen LogP contribution in [-0.4, -0.2) is 70.2 Å². The lowest BCUT2D eigenvalue weighted by Crippen LogP contribution is -2.41. The van der Waals surface area contributed by atoms with Gasteiger partial charge in [0.15, 0.2) is 15.8 Å². The first-order valence-electron chi connectivity index (χ1n) is 10.6. The van der Waals surface area contributed by atoms with Crippen molar-refractivity contribution in [2.75, 3.05) is 37.7 Å². The Morgan fingerprint density at radius 3 is 2.45 bits per heavy atom. The third-order valence-corrected chi connectivity index (χ3v) is 6.87. The van der Waals surface area contributed by atoms with Gasteiger partial charge in [-0.15, -0.1) is 24.0 Å². The smallest absolute Gasteiger partial charge is 0.222 e. The van der Waals surface area contributed by atoms with Crippen LogP contribution in [0.25, 0.3) is 0 Å². The van der Waals surface area contributed by atoms with Crippen LogP contribution in [-0.2, 0) is 19.4 Å². The van der Waals surface area contributed by atoms with Gasteiger partial charge in [-0.3, -0.25) is 9.79 Å². The predicted molar refractivity (Wildman–Crippen MR) is 127 cm³/mol. The molecular formula is C19H37IN4O4S. The molecule has 1 aliphatic carbocycles. The number of hydrogen-bond acceptors (Lipinski definition) is 5. The summed E-state index contributed by atoms with van der Waals surface area (Å²) < 4.78 is 28.8. The Kier molecular flexibility index (Phi) is 13.1. The number of halogens is 1. The fourth-order valence-corrected chi connectivity index (χ4v) is 5.30. The number of carbonyl (C=O) groups excluding carboxylic acids is 1. The fourth-order valence-electron chi connectivity index (χ4n) is 3.63. The molecule has 1 atom stereocenters. The summed E-state index contributed by atoms with van der Waals surface area (Å²) in [5, 5.41) is 9.10. The molecule has 0 radical (unpaired) electrons. The van der Waals surface area contributed by atoms with Gasteiger partial charge in [-0.25, -0.2) is 8.42 Å². The van der Waals surface area contributed by atoms with Gasteiger partial charge in [-0.05, 0) is 26.2 Å². The molecule has 1 unspecified atom stereocenters. The quantitative estimate of drug-likeness (QED) is 0.134. The van der Waals surface area contributed by atoms with Crippen molar-refractivity contribution in [3.05, 3.63) is 0 Å². The third-order valence-electron chi connectivity index (χ3n) is 5.10. The number of ether oxygens (including phenoxy) is 1. The molecule has 0 aromatic heterocycles. The van der Waals surface area contributed by atoms with E-state index in [2.05, 4.69) is 20.9 Å². The first kappa shape index (κ1) is 26.4. The summed E-state index contributed by atoms with van der Waals surface area (Å²) in [5.41, 5.74) is 0. The zero-order chi connectivity index (χ0) is 20.2. The number of amides is 1. The molecule has 8 nitrogen and oxygen atoms in total. The van der Waals surface area contributed by atoms with E-state index in [1.54, 1.807) is 0 Å². The van der Waals surface area contributed by atoms with Crippen molar-refractivity contribution < 1.29 is 17.9 Å². The van der Waals surface area contributed by atoms with E-state index in [-0.39, 0.29) is 53.9 Å². The summed E-state index contributed by atoms with van der Waals surface area (Å²) in [4.78, 5) is 16.5. The van der Waals surface area contributed by atoms with Crippen molar-refractivity contribution in [3.63, 3.8) is 0 Å². The predicted octanol–water partition coefficient (Wildman–Crippen LogP) is 1.59. The van der Waals surface area contributed by atoms with Gasteiger partial charge < -0.3 is 20.7 Å². The number of rotatable bonds is 9. The molecule has 3 N–H and O–H groups in total. The Bertz CT molecular complexity index is 607. The van der Waals surface area contributed by atoms with E-state index in [4.69, 9.17) is 4.74 Å². The lowest BCUT2D eigenvalue weighted by atomic mass is 10.1. The zero-order valence-corrected chi connectivity index (χ0v) is 20.6. The summed E-state index contributed by atoms with van der Waals surface area (Å²) >= 11 is 0. The Balaban J connectivity index is 0.00000420. The average Bonchev–Trinajstić information content (AvgIpc) is 2.84. The van der Waals surface area contributed by atoms with Crippen LogP contribution in [0.1, 0.15) is 58.3 Å². The SMILES string of the molecule is CCNC(=NCCOC1CCCCCC1)NCCC(=O)NC1CCS(=O)(=O)C1.I. The van der Waals surface area contributed by atoms with Crippen LogP contribution in [0.2, 0.25) is 0 Å². The Morgan fingerprint density at radius 1 is 1.10 bits per heavy atom. The molecular weight excluding hydrogens is 507 g/mol. The largest absolute Gasteiger partial charge is 0.376 e. The summed E-state index contributed by atoms with van der Waals surface area (Å²) in [6.45, 7) is 4.37. The molecule has 170 valence electrons. The van der Waals surface area contributed by atoms with Gasteiger partial charge in [0.25, 0.3) is 0 Å². The normalized spacial score (nSPS) is 22.4. The molecule has 0 aromatic rings. The highest BCUT2D eigenvalue weighted by atomic mass is 127. The maximum atomic E-state index is 12.0. The molecule has 2 rings (SSSR count). The molecule has 0 spiro atoms. The lowest BCUT2D eigenvalue weighted by molar-refractivity contribution is -0.121. The molecule has 2 fully saturated rings. The minimum Gasteiger partial charge on any atom is -0.376 e. The molecule has 1 aliphatic heterocycles. The third kappa shape index (κ3) is 11.4. The second-order valence-corrected chi connectivity index (χ2v) is 9.82. The van der Waals surface area contributed by atoms with Crippen LogP contribution >= 0.6 is 24.0 Å². The van der Waals surface area contributed by atoms with E-state index in [9.17, 15) is 13.2 Å². The van der Waals surface area contributed by atoms with Crippen molar-refractivity contribution in [2.24, 2.45) is 4.99 Å². The standard InChI is InChI=1S/C19H36N4O4S.HI/c1-2-20-19(22-12-13-27-17-7-5-3-4-6-8-17)21-11-9-18(24)23-16-10-14-28(25,26)15-16;/h16-17H,2-15H2,1H3,(H,23,24)(H2,20,21,22);1H. The van der Waals surface area contributed by atoms with Crippen LogP contribution in [0.4, 0.5) is 0 Å². The van der Waals surface area contributed by atoms with Crippen LogP contribution in [0.3, 0.4) is 0 Å². The average molecular weight is 545 g/mol. The molecule has 1 saturated heterocycles. The van der Waals surface area contributed by atoms with E-state index >= 15 is 0 Å². The second kappa shape index (κ2) is 14.4. The van der Waals surface area contributed by atoms with Crippen molar-refractivity contribution >= 4 is 45.7 Å². The van der Waals surface area contributed by atoms with Gasteiger partial charge in [-0.2, -0.15) is 0 Å². The number of carbonyl (C=O) groups is 1. The van der Waals surface area contributed by atoms with Gasteiger partial charge in [0, 0.05) is 25.6 Å². The van der Waals surface area contributed by atoms with Gasteiger partial charge in [0.05, 0.1) is 30.8 Å². The molecule has 0 bridgehead atoms. The summed E-state index contributed by atoms with van der Waals surface area (Å²) in [6.07, 6.45) is 8.61.